The number of nitriles is 1. The molecule has 2 fully saturated rings. The second-order valence-corrected chi connectivity index (χ2v) is 3.52. The zero-order valence-electron chi connectivity index (χ0n) is 5.75. The maximum absolute atomic E-state index is 9.01. The Balaban J connectivity index is 1.86. The third kappa shape index (κ3) is 0.627. The van der Waals surface area contributed by atoms with Gasteiger partial charge >= 0.3 is 0 Å². The van der Waals surface area contributed by atoms with Crippen molar-refractivity contribution in [3.8, 4) is 6.19 Å². The largest absolute Gasteiger partial charge is 0.393 e. The third-order valence-corrected chi connectivity index (χ3v) is 2.53. The van der Waals surface area contributed by atoms with Crippen molar-refractivity contribution in [1.82, 2.24) is 4.90 Å². The number of hydrogen-bond acceptors (Lipinski definition) is 3. The van der Waals surface area contributed by atoms with Crippen molar-refractivity contribution < 1.29 is 5.11 Å². The molecule has 0 aromatic rings. The molecule has 1 saturated carbocycles. The lowest BCUT2D eigenvalue weighted by atomic mass is 9.62. The van der Waals surface area contributed by atoms with Crippen LogP contribution in [0.1, 0.15) is 12.8 Å². The lowest BCUT2D eigenvalue weighted by Crippen LogP contribution is -2.61. The smallest absolute Gasteiger partial charge is 0.179 e. The molecule has 0 aromatic heterocycles. The number of nitrogens with zero attached hydrogens (tertiary/aromatic N) is 2. The highest BCUT2D eigenvalue weighted by Crippen LogP contribution is 2.47. The lowest BCUT2D eigenvalue weighted by molar-refractivity contribution is -0.108. The molecule has 2 aliphatic rings. The normalized spacial score (nSPS) is 29.0. The van der Waals surface area contributed by atoms with Crippen molar-refractivity contribution in [2.75, 3.05) is 13.1 Å². The standard InChI is InChI=1S/C7H10N2O/c8-5-9-3-7(4-9)1-6(10)2-7/h6,10H,1-4H2. The number of aliphatic hydroxyl groups is 1. The fourth-order valence-electron chi connectivity index (χ4n) is 2.03. The lowest BCUT2D eigenvalue weighted by Gasteiger charge is -2.55. The van der Waals surface area contributed by atoms with Crippen LogP contribution >= 0.6 is 0 Å². The van der Waals surface area contributed by atoms with Gasteiger partial charge in [-0.05, 0) is 12.8 Å². The highest BCUT2D eigenvalue weighted by molar-refractivity contribution is 5.07. The van der Waals surface area contributed by atoms with Gasteiger partial charge < -0.3 is 10.0 Å². The van der Waals surface area contributed by atoms with Gasteiger partial charge in [0.1, 0.15) is 0 Å². The minimum Gasteiger partial charge on any atom is -0.393 e. The Morgan fingerprint density at radius 3 is 2.50 bits per heavy atom. The van der Waals surface area contributed by atoms with Crippen molar-refractivity contribution in [2.45, 2.75) is 18.9 Å². The Labute approximate surface area is 59.9 Å². The summed E-state index contributed by atoms with van der Waals surface area (Å²) in [5, 5.41) is 17.4. The van der Waals surface area contributed by atoms with Gasteiger partial charge in [-0.3, -0.25) is 0 Å². The first-order chi connectivity index (χ1) is 4.74. The van der Waals surface area contributed by atoms with E-state index in [1.807, 2.05) is 0 Å². The van der Waals surface area contributed by atoms with Crippen LogP contribution in [0.5, 0.6) is 0 Å². The van der Waals surface area contributed by atoms with Crippen molar-refractivity contribution in [1.29, 1.82) is 5.26 Å². The molecule has 54 valence electrons. The van der Waals surface area contributed by atoms with Crippen LogP contribution in [0.3, 0.4) is 0 Å². The Bertz CT molecular complexity index is 182. The highest BCUT2D eigenvalue weighted by Gasteiger charge is 2.51. The molecule has 3 heteroatoms. The van der Waals surface area contributed by atoms with Crippen molar-refractivity contribution in [3.05, 3.63) is 0 Å². The van der Waals surface area contributed by atoms with E-state index >= 15 is 0 Å². The SMILES string of the molecule is N#CN1CC2(CC(O)C2)C1. The van der Waals surface area contributed by atoms with E-state index in [9.17, 15) is 0 Å². The first kappa shape index (κ1) is 5.99. The van der Waals surface area contributed by atoms with Gasteiger partial charge in [-0.25, -0.2) is 0 Å². The molecule has 0 amide bonds. The van der Waals surface area contributed by atoms with E-state index in [2.05, 4.69) is 6.19 Å². The van der Waals surface area contributed by atoms with E-state index in [1.54, 1.807) is 4.90 Å². The van der Waals surface area contributed by atoms with Crippen LogP contribution in [-0.2, 0) is 0 Å². The monoisotopic (exact) mass is 138 g/mol. The summed E-state index contributed by atoms with van der Waals surface area (Å²) in [4.78, 5) is 1.74. The first-order valence-electron chi connectivity index (χ1n) is 3.57. The summed E-state index contributed by atoms with van der Waals surface area (Å²) >= 11 is 0. The van der Waals surface area contributed by atoms with Gasteiger partial charge in [0.15, 0.2) is 6.19 Å². The predicted octanol–water partition coefficient (Wildman–Crippen LogP) is -0.0758. The topological polar surface area (TPSA) is 47.3 Å². The summed E-state index contributed by atoms with van der Waals surface area (Å²) in [7, 11) is 0. The summed E-state index contributed by atoms with van der Waals surface area (Å²) in [5.74, 6) is 0. The quantitative estimate of drug-likeness (QED) is 0.476. The van der Waals surface area contributed by atoms with Gasteiger partial charge in [0, 0.05) is 18.5 Å². The van der Waals surface area contributed by atoms with Crippen molar-refractivity contribution >= 4 is 0 Å². The molecule has 3 nitrogen and oxygen atoms in total. The van der Waals surface area contributed by atoms with Gasteiger partial charge in [-0.15, -0.1) is 0 Å². The summed E-state index contributed by atoms with van der Waals surface area (Å²) < 4.78 is 0. The number of aliphatic hydroxyl groups excluding tert-OH is 1. The molecule has 1 saturated heterocycles. The summed E-state index contributed by atoms with van der Waals surface area (Å²) in [6, 6.07) is 0. The van der Waals surface area contributed by atoms with Crippen LogP contribution in [-0.4, -0.2) is 29.2 Å². The minimum absolute atomic E-state index is 0.0826. The van der Waals surface area contributed by atoms with Crippen LogP contribution in [0.2, 0.25) is 0 Å². The molecule has 0 aromatic carbocycles. The number of rotatable bonds is 0. The molecule has 1 aliphatic carbocycles. The number of likely N-dealkylation sites (tertiary alicyclic amines) is 1. The maximum atomic E-state index is 9.01. The Kier molecular flexibility index (Phi) is 0.984. The fraction of sp³-hybridized carbons (Fsp3) is 0.857. The van der Waals surface area contributed by atoms with Crippen molar-refractivity contribution in [2.24, 2.45) is 5.41 Å². The molecule has 2 rings (SSSR count). The van der Waals surface area contributed by atoms with Crippen LogP contribution in [0.25, 0.3) is 0 Å². The fourth-order valence-corrected chi connectivity index (χ4v) is 2.03. The average molecular weight is 138 g/mol. The molecule has 1 heterocycles. The predicted molar refractivity (Wildman–Crippen MR) is 34.9 cm³/mol. The van der Waals surface area contributed by atoms with E-state index in [-0.39, 0.29) is 6.10 Å². The first-order valence-corrected chi connectivity index (χ1v) is 3.57. The minimum atomic E-state index is -0.0826. The molecule has 0 unspecified atom stereocenters. The van der Waals surface area contributed by atoms with Gasteiger partial charge in [0.2, 0.25) is 0 Å². The van der Waals surface area contributed by atoms with Gasteiger partial charge in [0.05, 0.1) is 6.10 Å². The zero-order chi connectivity index (χ0) is 7.19. The summed E-state index contributed by atoms with van der Waals surface area (Å²) in [6.45, 7) is 1.75. The van der Waals surface area contributed by atoms with Crippen LogP contribution in [0, 0.1) is 16.9 Å². The second kappa shape index (κ2) is 1.64. The van der Waals surface area contributed by atoms with E-state index in [4.69, 9.17) is 10.4 Å². The molecule has 1 spiro atoms. The Hall–Kier alpha value is -0.750. The van der Waals surface area contributed by atoms with E-state index in [0.717, 1.165) is 25.9 Å². The molecule has 1 N–H and O–H groups in total. The molecular weight excluding hydrogens is 128 g/mol. The van der Waals surface area contributed by atoms with Crippen LogP contribution < -0.4 is 0 Å². The Morgan fingerprint density at radius 1 is 1.50 bits per heavy atom. The van der Waals surface area contributed by atoms with Gasteiger partial charge in [-0.1, -0.05) is 0 Å². The maximum Gasteiger partial charge on any atom is 0.179 e. The third-order valence-electron chi connectivity index (χ3n) is 2.53. The van der Waals surface area contributed by atoms with Crippen LogP contribution in [0.15, 0.2) is 0 Å². The molecule has 0 atom stereocenters. The van der Waals surface area contributed by atoms with Crippen molar-refractivity contribution in [3.63, 3.8) is 0 Å². The average Bonchev–Trinajstić information content (AvgIpc) is 1.74. The van der Waals surface area contributed by atoms with Gasteiger partial charge in [-0.2, -0.15) is 5.26 Å². The molecule has 0 bridgehead atoms. The highest BCUT2D eigenvalue weighted by atomic mass is 16.3. The second-order valence-electron chi connectivity index (χ2n) is 3.52. The van der Waals surface area contributed by atoms with E-state index in [1.165, 1.54) is 0 Å². The van der Waals surface area contributed by atoms with E-state index < -0.39 is 0 Å². The number of hydrogen-bond donors (Lipinski definition) is 1. The van der Waals surface area contributed by atoms with Crippen LogP contribution in [0.4, 0.5) is 0 Å². The summed E-state index contributed by atoms with van der Waals surface area (Å²) in [5.41, 5.74) is 0.342. The molecule has 1 aliphatic heterocycles. The Morgan fingerprint density at radius 2 is 2.10 bits per heavy atom. The van der Waals surface area contributed by atoms with E-state index in [0.29, 0.717) is 5.41 Å². The molecule has 10 heavy (non-hydrogen) atoms. The zero-order valence-corrected chi connectivity index (χ0v) is 5.75. The summed E-state index contributed by atoms with van der Waals surface area (Å²) in [6.07, 6.45) is 3.82. The molecular formula is C7H10N2O. The van der Waals surface area contributed by atoms with Gasteiger partial charge in [0.25, 0.3) is 0 Å². The molecule has 0 radical (unpaired) electrons.